The van der Waals surface area contributed by atoms with Gasteiger partial charge in [-0.25, -0.2) is 0 Å². The number of rotatable bonds is 4. The summed E-state index contributed by atoms with van der Waals surface area (Å²) in [6.45, 7) is 5.12. The molecule has 0 radical (unpaired) electrons. The maximum Gasteiger partial charge on any atom is 0.0846 e. The Morgan fingerprint density at radius 1 is 1.00 bits per heavy atom. The smallest absolute Gasteiger partial charge is 0.0846 e. The predicted molar refractivity (Wildman–Crippen MR) is 94.1 cm³/mol. The molecule has 2 heteroatoms. The van der Waals surface area contributed by atoms with Crippen molar-refractivity contribution < 1.29 is 0 Å². The Morgan fingerprint density at radius 2 is 1.70 bits per heavy atom. The molecule has 23 heavy (non-hydrogen) atoms. The van der Waals surface area contributed by atoms with Crippen molar-refractivity contribution in [3.8, 4) is 6.07 Å². The fraction of sp³-hybridized carbons (Fsp3) is 0.381. The number of nitriles is 1. The van der Waals surface area contributed by atoms with Gasteiger partial charge in [-0.3, -0.25) is 4.90 Å². The number of hydrogen-bond acceptors (Lipinski definition) is 2. The minimum Gasteiger partial charge on any atom is -0.299 e. The molecule has 0 saturated carbocycles. The summed E-state index contributed by atoms with van der Waals surface area (Å²) in [5.41, 5.74) is 3.57. The molecule has 1 aliphatic heterocycles. The van der Waals surface area contributed by atoms with Crippen LogP contribution in [0.2, 0.25) is 0 Å². The Bertz CT molecular complexity index is 676. The van der Waals surface area contributed by atoms with Crippen LogP contribution in [0.5, 0.6) is 0 Å². The molecule has 0 unspecified atom stereocenters. The van der Waals surface area contributed by atoms with Gasteiger partial charge < -0.3 is 0 Å². The number of benzene rings is 2. The average molecular weight is 304 g/mol. The summed E-state index contributed by atoms with van der Waals surface area (Å²) in [6, 6.07) is 21.9. The van der Waals surface area contributed by atoms with Gasteiger partial charge in [-0.15, -0.1) is 0 Å². The van der Waals surface area contributed by atoms with E-state index in [0.717, 1.165) is 38.9 Å². The molecule has 1 saturated heterocycles. The summed E-state index contributed by atoms with van der Waals surface area (Å²) in [4.78, 5) is 2.47. The van der Waals surface area contributed by atoms with Crippen LogP contribution in [0, 0.1) is 11.3 Å². The largest absolute Gasteiger partial charge is 0.299 e. The van der Waals surface area contributed by atoms with Crippen LogP contribution in [-0.2, 0) is 18.4 Å². The standard InChI is InChI=1S/C21H24N2/c1-2-18-9-6-10-20(15-18)21(17-22)11-13-23(14-12-21)16-19-7-4-3-5-8-19/h3-10,15H,2,11-14,16H2,1H3. The lowest BCUT2D eigenvalue weighted by molar-refractivity contribution is 0.179. The first-order valence-corrected chi connectivity index (χ1v) is 8.53. The Balaban J connectivity index is 1.71. The van der Waals surface area contributed by atoms with Crippen LogP contribution in [0.25, 0.3) is 0 Å². The van der Waals surface area contributed by atoms with Crippen LogP contribution in [0.4, 0.5) is 0 Å². The van der Waals surface area contributed by atoms with Gasteiger partial charge in [-0.05, 0) is 36.0 Å². The molecule has 0 aliphatic carbocycles. The van der Waals surface area contributed by atoms with Crippen LogP contribution >= 0.6 is 0 Å². The van der Waals surface area contributed by atoms with E-state index in [1.807, 2.05) is 0 Å². The van der Waals surface area contributed by atoms with Crippen molar-refractivity contribution in [1.82, 2.24) is 4.90 Å². The third kappa shape index (κ3) is 3.46. The second kappa shape index (κ2) is 6.98. The fourth-order valence-electron chi connectivity index (χ4n) is 3.49. The summed E-state index contributed by atoms with van der Waals surface area (Å²) in [6.07, 6.45) is 2.86. The minimum absolute atomic E-state index is 0.307. The van der Waals surface area contributed by atoms with Gasteiger partial charge in [0.15, 0.2) is 0 Å². The molecule has 2 nitrogen and oxygen atoms in total. The maximum absolute atomic E-state index is 9.87. The van der Waals surface area contributed by atoms with E-state index in [1.165, 1.54) is 16.7 Å². The van der Waals surface area contributed by atoms with Crippen molar-refractivity contribution in [3.05, 3.63) is 71.3 Å². The molecular weight excluding hydrogens is 280 g/mol. The van der Waals surface area contributed by atoms with Crippen molar-refractivity contribution in [3.63, 3.8) is 0 Å². The zero-order valence-corrected chi connectivity index (χ0v) is 13.8. The number of hydrogen-bond donors (Lipinski definition) is 0. The SMILES string of the molecule is CCc1cccc(C2(C#N)CCN(Cc3ccccc3)CC2)c1. The van der Waals surface area contributed by atoms with Gasteiger partial charge in [0, 0.05) is 19.6 Å². The number of piperidine rings is 1. The summed E-state index contributed by atoms with van der Waals surface area (Å²) in [5.74, 6) is 0. The number of nitrogens with zero attached hydrogens (tertiary/aromatic N) is 2. The Hall–Kier alpha value is -2.11. The minimum atomic E-state index is -0.307. The third-order valence-corrected chi connectivity index (χ3v) is 5.06. The monoisotopic (exact) mass is 304 g/mol. The summed E-state index contributed by atoms with van der Waals surface area (Å²) in [5, 5.41) is 9.87. The Morgan fingerprint density at radius 3 is 2.35 bits per heavy atom. The van der Waals surface area contributed by atoms with Gasteiger partial charge in [0.2, 0.25) is 0 Å². The molecule has 0 bridgehead atoms. The van der Waals surface area contributed by atoms with Crippen molar-refractivity contribution in [2.24, 2.45) is 0 Å². The highest BCUT2D eigenvalue weighted by atomic mass is 15.1. The molecule has 3 rings (SSSR count). The molecule has 0 spiro atoms. The van der Waals surface area contributed by atoms with E-state index in [4.69, 9.17) is 0 Å². The van der Waals surface area contributed by atoms with Gasteiger partial charge in [0.1, 0.15) is 0 Å². The highest BCUT2D eigenvalue weighted by molar-refractivity contribution is 5.36. The topological polar surface area (TPSA) is 27.0 Å². The lowest BCUT2D eigenvalue weighted by Gasteiger charge is -2.37. The van der Waals surface area contributed by atoms with Crippen LogP contribution in [0.1, 0.15) is 36.5 Å². The number of likely N-dealkylation sites (tertiary alicyclic amines) is 1. The summed E-state index contributed by atoms with van der Waals surface area (Å²) >= 11 is 0. The molecule has 118 valence electrons. The quantitative estimate of drug-likeness (QED) is 0.841. The lowest BCUT2D eigenvalue weighted by Crippen LogP contribution is -2.41. The molecule has 2 aromatic rings. The second-order valence-electron chi connectivity index (χ2n) is 6.51. The van der Waals surface area contributed by atoms with E-state index >= 15 is 0 Å². The molecule has 1 fully saturated rings. The van der Waals surface area contributed by atoms with Crippen molar-refractivity contribution in [1.29, 1.82) is 5.26 Å². The first-order chi connectivity index (χ1) is 11.3. The molecule has 1 aliphatic rings. The van der Waals surface area contributed by atoms with Crippen molar-refractivity contribution in [2.45, 2.75) is 38.1 Å². The maximum atomic E-state index is 9.87. The van der Waals surface area contributed by atoms with Crippen LogP contribution in [-0.4, -0.2) is 18.0 Å². The van der Waals surface area contributed by atoms with E-state index in [0.29, 0.717) is 0 Å². The first-order valence-electron chi connectivity index (χ1n) is 8.53. The molecule has 0 amide bonds. The van der Waals surface area contributed by atoms with Gasteiger partial charge >= 0.3 is 0 Å². The van der Waals surface area contributed by atoms with Gasteiger partial charge in [-0.2, -0.15) is 5.26 Å². The van der Waals surface area contributed by atoms with E-state index in [1.54, 1.807) is 0 Å². The van der Waals surface area contributed by atoms with E-state index < -0.39 is 0 Å². The van der Waals surface area contributed by atoms with E-state index in [9.17, 15) is 5.26 Å². The van der Waals surface area contributed by atoms with E-state index in [-0.39, 0.29) is 5.41 Å². The molecule has 1 heterocycles. The zero-order chi connectivity index (χ0) is 16.1. The summed E-state index contributed by atoms with van der Waals surface area (Å²) in [7, 11) is 0. The molecule has 0 aromatic heterocycles. The van der Waals surface area contributed by atoms with Crippen LogP contribution in [0.3, 0.4) is 0 Å². The Kier molecular flexibility index (Phi) is 4.79. The zero-order valence-electron chi connectivity index (χ0n) is 13.8. The van der Waals surface area contributed by atoms with Gasteiger partial charge in [0.05, 0.1) is 11.5 Å². The molecular formula is C21H24N2. The normalized spacial score (nSPS) is 17.6. The number of aryl methyl sites for hydroxylation is 1. The fourth-order valence-corrected chi connectivity index (χ4v) is 3.49. The molecule has 0 N–H and O–H groups in total. The highest BCUT2D eigenvalue weighted by Crippen LogP contribution is 2.35. The van der Waals surface area contributed by atoms with Gasteiger partial charge in [-0.1, -0.05) is 61.5 Å². The van der Waals surface area contributed by atoms with Crippen LogP contribution < -0.4 is 0 Å². The second-order valence-corrected chi connectivity index (χ2v) is 6.51. The Labute approximate surface area is 139 Å². The average Bonchev–Trinajstić information content (AvgIpc) is 2.63. The third-order valence-electron chi connectivity index (χ3n) is 5.06. The van der Waals surface area contributed by atoms with E-state index in [2.05, 4.69) is 72.5 Å². The lowest BCUT2D eigenvalue weighted by atomic mass is 9.73. The predicted octanol–water partition coefficient (Wildman–Crippen LogP) is 4.31. The van der Waals surface area contributed by atoms with Crippen LogP contribution in [0.15, 0.2) is 54.6 Å². The first kappa shape index (κ1) is 15.8. The summed E-state index contributed by atoms with van der Waals surface area (Å²) < 4.78 is 0. The van der Waals surface area contributed by atoms with Crippen molar-refractivity contribution in [2.75, 3.05) is 13.1 Å². The van der Waals surface area contributed by atoms with Crippen molar-refractivity contribution >= 4 is 0 Å². The highest BCUT2D eigenvalue weighted by Gasteiger charge is 2.36. The molecule has 2 aromatic carbocycles. The van der Waals surface area contributed by atoms with Gasteiger partial charge in [0.25, 0.3) is 0 Å². The molecule has 0 atom stereocenters.